The number of carboxylic acid groups (broad SMARTS) is 1. The normalized spacial score (nSPS) is 27.5. The predicted octanol–water partition coefficient (Wildman–Crippen LogP) is -4.95. The van der Waals surface area contributed by atoms with E-state index >= 15 is 0 Å². The summed E-state index contributed by atoms with van der Waals surface area (Å²) in [6.07, 6.45) is -7.99. The van der Waals surface area contributed by atoms with Gasteiger partial charge >= 0.3 is 17.3 Å². The van der Waals surface area contributed by atoms with Crippen molar-refractivity contribution in [3.63, 3.8) is 0 Å². The summed E-state index contributed by atoms with van der Waals surface area (Å²) in [6.45, 7) is 2.21. The number of aromatic amines is 2. The molecule has 0 saturated carbocycles. The summed E-state index contributed by atoms with van der Waals surface area (Å²) < 4.78 is 12.9. The molecule has 2 aromatic rings. The Kier molecular flexibility index (Phi) is 9.11. The summed E-state index contributed by atoms with van der Waals surface area (Å²) in [6, 6.07) is -2.71. The van der Waals surface area contributed by atoms with E-state index in [1.54, 1.807) is 0 Å². The third-order valence-corrected chi connectivity index (χ3v) is 7.13. The van der Waals surface area contributed by atoms with E-state index in [0.29, 0.717) is 0 Å². The van der Waals surface area contributed by atoms with Gasteiger partial charge in [0, 0.05) is 29.9 Å². The zero-order valence-corrected chi connectivity index (χ0v) is 22.8. The van der Waals surface area contributed by atoms with Crippen LogP contribution >= 0.6 is 0 Å². The highest BCUT2D eigenvalue weighted by atomic mass is 16.6. The molecule has 2 saturated heterocycles. The van der Waals surface area contributed by atoms with Gasteiger partial charge in [0.25, 0.3) is 17.0 Å². The van der Waals surface area contributed by atoms with E-state index in [9.17, 15) is 54.0 Å². The Hall–Kier alpha value is -4.43. The molecule has 2 aliphatic rings. The summed E-state index contributed by atoms with van der Waals surface area (Å²) in [4.78, 5) is 89.6. The number of carbonyl (C=O) groups is 3. The van der Waals surface area contributed by atoms with Gasteiger partial charge < -0.3 is 40.5 Å². The van der Waals surface area contributed by atoms with Crippen molar-refractivity contribution in [3.05, 3.63) is 65.2 Å². The Balaban J connectivity index is 1.49. The van der Waals surface area contributed by atoms with Gasteiger partial charge in [-0.3, -0.25) is 43.1 Å². The molecule has 43 heavy (non-hydrogen) atoms. The Labute approximate surface area is 239 Å². The van der Waals surface area contributed by atoms with Crippen LogP contribution in [0.1, 0.15) is 36.4 Å². The summed E-state index contributed by atoms with van der Waals surface area (Å²) in [7, 11) is 0. The second kappa shape index (κ2) is 12.4. The quantitative estimate of drug-likeness (QED) is 0.132. The second-order valence-corrected chi connectivity index (χ2v) is 10.2. The third-order valence-electron chi connectivity index (χ3n) is 7.13. The lowest BCUT2D eigenvalue weighted by Gasteiger charge is -2.23. The van der Waals surface area contributed by atoms with Gasteiger partial charge in [-0.15, -0.1) is 0 Å². The van der Waals surface area contributed by atoms with E-state index in [-0.39, 0.29) is 17.5 Å². The summed E-state index contributed by atoms with van der Waals surface area (Å²) in [5.74, 6) is -3.71. The van der Waals surface area contributed by atoms with E-state index in [1.165, 1.54) is 20.0 Å². The fourth-order valence-electron chi connectivity index (χ4n) is 4.82. The number of aliphatic carboxylic acids is 1. The molecular formula is C24H30N6O13. The maximum Gasteiger partial charge on any atom is 0.330 e. The fourth-order valence-corrected chi connectivity index (χ4v) is 4.82. The molecule has 8 atom stereocenters. The minimum absolute atomic E-state index is 0.0656. The number of amides is 2. The Bertz CT molecular complexity index is 1640. The summed E-state index contributed by atoms with van der Waals surface area (Å²) in [5.41, 5.74) is -2.83. The van der Waals surface area contributed by atoms with E-state index in [4.69, 9.17) is 9.47 Å². The van der Waals surface area contributed by atoms with Gasteiger partial charge in [0.1, 0.15) is 30.6 Å². The van der Waals surface area contributed by atoms with Crippen molar-refractivity contribution < 1.29 is 44.3 Å². The largest absolute Gasteiger partial charge is 0.481 e. The van der Waals surface area contributed by atoms with Gasteiger partial charge in [-0.1, -0.05) is 0 Å². The van der Waals surface area contributed by atoms with Gasteiger partial charge in [0.15, 0.2) is 12.3 Å². The van der Waals surface area contributed by atoms with Crippen LogP contribution in [0.2, 0.25) is 0 Å². The highest BCUT2D eigenvalue weighted by molar-refractivity contribution is 5.92. The average molecular weight is 611 g/mol. The summed E-state index contributed by atoms with van der Waals surface area (Å²) >= 11 is 0. The van der Waals surface area contributed by atoms with Gasteiger partial charge in [-0.2, -0.15) is 0 Å². The molecular weight excluding hydrogens is 580 g/mol. The molecule has 4 heterocycles. The zero-order chi connectivity index (χ0) is 31.7. The molecule has 19 heteroatoms. The zero-order valence-electron chi connectivity index (χ0n) is 22.8. The molecule has 0 aromatic carbocycles. The summed E-state index contributed by atoms with van der Waals surface area (Å²) in [5, 5.41) is 44.7. The number of hydrogen-bond donors (Lipinski definition) is 8. The standard InChI is InChI=1S/C24H30N6O13/c1-8-5-29(23(40)27-18(8)36)13-3-10(12(7-31)42-13)25-20(38)11(4-14(32)33)26-21(39)17-15(34)16(35)22(43-17)30-6-9(2)19(37)28-24(30)41/h5-6,10-13,15-17,22,31,34-35H,3-4,7H2,1-2H3,(H,25,38)(H,26,39)(H,32,33)(H,27,36,40)(H,28,37,41)/t10-,11+,12+,13+,15-,16+,17-,22+/m0/s1. The van der Waals surface area contributed by atoms with Gasteiger partial charge in [0.2, 0.25) is 5.91 Å². The number of carboxylic acids is 1. The van der Waals surface area contributed by atoms with E-state index in [2.05, 4.69) is 15.6 Å². The minimum atomic E-state index is -1.92. The lowest BCUT2D eigenvalue weighted by Crippen LogP contribution is -2.55. The molecule has 0 bridgehead atoms. The first-order chi connectivity index (χ1) is 20.2. The Morgan fingerprint density at radius 3 is 2.14 bits per heavy atom. The number of nitrogens with zero attached hydrogens (tertiary/aromatic N) is 2. The van der Waals surface area contributed by atoms with Crippen LogP contribution in [0.25, 0.3) is 0 Å². The minimum Gasteiger partial charge on any atom is -0.481 e. The lowest BCUT2D eigenvalue weighted by molar-refractivity contribution is -0.144. The maximum atomic E-state index is 13.1. The van der Waals surface area contributed by atoms with E-state index < -0.39 is 102 Å². The first-order valence-corrected chi connectivity index (χ1v) is 13.0. The van der Waals surface area contributed by atoms with Crippen molar-refractivity contribution in [3.8, 4) is 0 Å². The number of aryl methyl sites for hydroxylation is 2. The van der Waals surface area contributed by atoms with Crippen LogP contribution in [-0.4, -0.2) is 100 Å². The van der Waals surface area contributed by atoms with Crippen molar-refractivity contribution in [2.45, 2.75) is 75.6 Å². The van der Waals surface area contributed by atoms with Crippen molar-refractivity contribution >= 4 is 17.8 Å². The van der Waals surface area contributed by atoms with Gasteiger partial charge in [0.05, 0.1) is 19.1 Å². The number of H-pyrrole nitrogens is 2. The van der Waals surface area contributed by atoms with Crippen molar-refractivity contribution in [2.75, 3.05) is 6.61 Å². The molecule has 2 aromatic heterocycles. The third kappa shape index (κ3) is 6.49. The molecule has 19 nitrogen and oxygen atoms in total. The number of ether oxygens (including phenoxy) is 2. The highest BCUT2D eigenvalue weighted by Crippen LogP contribution is 2.29. The van der Waals surface area contributed by atoms with Crippen LogP contribution in [0.5, 0.6) is 0 Å². The first-order valence-electron chi connectivity index (χ1n) is 13.0. The molecule has 2 fully saturated rings. The molecule has 4 rings (SSSR count). The molecule has 2 amide bonds. The molecule has 8 N–H and O–H groups in total. The van der Waals surface area contributed by atoms with Crippen molar-refractivity contribution in [2.24, 2.45) is 0 Å². The number of carbonyl (C=O) groups excluding carboxylic acids is 2. The molecule has 0 spiro atoms. The van der Waals surface area contributed by atoms with Gasteiger partial charge in [-0.05, 0) is 13.8 Å². The first kappa shape index (κ1) is 31.5. The van der Waals surface area contributed by atoms with Crippen LogP contribution < -0.4 is 33.1 Å². The number of aliphatic hydroxyl groups excluding tert-OH is 3. The smallest absolute Gasteiger partial charge is 0.330 e. The molecule has 0 aliphatic carbocycles. The number of aromatic nitrogens is 4. The topological polar surface area (TPSA) is 284 Å². The molecule has 234 valence electrons. The van der Waals surface area contributed by atoms with Crippen LogP contribution in [0, 0.1) is 13.8 Å². The molecule has 0 unspecified atom stereocenters. The lowest BCUT2D eigenvalue weighted by atomic mass is 10.1. The Morgan fingerprint density at radius 1 is 0.977 bits per heavy atom. The second-order valence-electron chi connectivity index (χ2n) is 10.2. The molecule has 2 aliphatic heterocycles. The monoisotopic (exact) mass is 610 g/mol. The predicted molar refractivity (Wildman–Crippen MR) is 140 cm³/mol. The van der Waals surface area contributed by atoms with Crippen molar-refractivity contribution in [1.29, 1.82) is 0 Å². The van der Waals surface area contributed by atoms with Crippen molar-refractivity contribution in [1.82, 2.24) is 29.7 Å². The SMILES string of the molecule is Cc1cn([C@@H]2O[C@H](C(=O)N[C@H](CC(=O)O)C(=O)N[C@H]3C[C@H](n4cc(C)c(=O)[nH]c4=O)O[C@@H]3CO)[C@@H](O)[C@H]2O)c(=O)[nH]c1=O. The van der Waals surface area contributed by atoms with Crippen LogP contribution in [0.4, 0.5) is 0 Å². The van der Waals surface area contributed by atoms with Crippen LogP contribution in [0.15, 0.2) is 31.6 Å². The fraction of sp³-hybridized carbons (Fsp3) is 0.542. The number of rotatable bonds is 9. The van der Waals surface area contributed by atoms with Gasteiger partial charge in [-0.25, -0.2) is 9.59 Å². The average Bonchev–Trinajstić information content (AvgIpc) is 3.47. The Morgan fingerprint density at radius 2 is 1.56 bits per heavy atom. The van der Waals surface area contributed by atoms with E-state index in [0.717, 1.165) is 15.3 Å². The number of aliphatic hydroxyl groups is 3. The van der Waals surface area contributed by atoms with Crippen LogP contribution in [0.3, 0.4) is 0 Å². The highest BCUT2D eigenvalue weighted by Gasteiger charge is 2.48. The number of nitrogens with one attached hydrogen (secondary N) is 4. The van der Waals surface area contributed by atoms with E-state index in [1.807, 2.05) is 4.98 Å². The molecule has 0 radical (unpaired) electrons. The number of hydrogen-bond acceptors (Lipinski definition) is 12. The maximum absolute atomic E-state index is 13.1. The van der Waals surface area contributed by atoms with Crippen LogP contribution in [-0.2, 0) is 23.9 Å².